The number of rotatable bonds is 3. The van der Waals surface area contributed by atoms with Crippen molar-refractivity contribution in [3.8, 4) is 0 Å². The topological polar surface area (TPSA) is 49.9 Å². The van der Waals surface area contributed by atoms with Crippen molar-refractivity contribution in [3.05, 3.63) is 0 Å². The minimum Gasteiger partial charge on any atom is -0.388 e. The molecule has 2 rings (SSSR count). The number of hydrogen-bond donors (Lipinski definition) is 2. The molecule has 2 heteroatoms. The fourth-order valence-corrected chi connectivity index (χ4v) is 3.46. The van der Waals surface area contributed by atoms with Crippen molar-refractivity contribution >= 4 is 5.84 Å². The zero-order chi connectivity index (χ0) is 9.97. The predicted molar refractivity (Wildman–Crippen MR) is 59.3 cm³/mol. The van der Waals surface area contributed by atoms with Crippen LogP contribution in [0.15, 0.2) is 0 Å². The molecule has 0 aromatic heterocycles. The first kappa shape index (κ1) is 10.0. The average molecular weight is 194 g/mol. The predicted octanol–water partition coefficient (Wildman–Crippen LogP) is 2.92. The molecule has 0 heterocycles. The Morgan fingerprint density at radius 2 is 1.79 bits per heavy atom. The lowest BCUT2D eigenvalue weighted by atomic mass is 9.67. The first-order valence-corrected chi connectivity index (χ1v) is 6.07. The molecular formula is C12H22N2. The van der Waals surface area contributed by atoms with Gasteiger partial charge in [-0.2, -0.15) is 0 Å². The molecule has 2 fully saturated rings. The van der Waals surface area contributed by atoms with Crippen LogP contribution >= 0.6 is 0 Å². The molecule has 0 spiro atoms. The first-order valence-electron chi connectivity index (χ1n) is 6.07. The van der Waals surface area contributed by atoms with E-state index < -0.39 is 0 Å². The summed E-state index contributed by atoms with van der Waals surface area (Å²) >= 11 is 0. The lowest BCUT2D eigenvalue weighted by molar-refractivity contribution is 0.133. The molecular weight excluding hydrogens is 172 g/mol. The maximum Gasteiger partial charge on any atom is 0.0905 e. The minimum atomic E-state index is 0.376. The highest BCUT2D eigenvalue weighted by Crippen LogP contribution is 2.43. The van der Waals surface area contributed by atoms with E-state index in [9.17, 15) is 0 Å². The summed E-state index contributed by atoms with van der Waals surface area (Å²) in [6, 6.07) is 0. The van der Waals surface area contributed by atoms with Crippen LogP contribution in [0.3, 0.4) is 0 Å². The van der Waals surface area contributed by atoms with Crippen molar-refractivity contribution in [3.63, 3.8) is 0 Å². The molecule has 2 unspecified atom stereocenters. The highest BCUT2D eigenvalue weighted by molar-refractivity contribution is 5.76. The number of nitrogens with one attached hydrogen (secondary N) is 1. The van der Waals surface area contributed by atoms with Gasteiger partial charge < -0.3 is 5.73 Å². The smallest absolute Gasteiger partial charge is 0.0905 e. The third-order valence-electron chi connectivity index (χ3n) is 4.05. The first-order chi connectivity index (χ1) is 6.74. The van der Waals surface area contributed by atoms with Crippen LogP contribution in [0, 0.1) is 23.2 Å². The maximum absolute atomic E-state index is 7.25. The summed E-state index contributed by atoms with van der Waals surface area (Å²) < 4.78 is 0. The molecule has 3 N–H and O–H groups in total. The number of amidine groups is 1. The summed E-state index contributed by atoms with van der Waals surface area (Å²) in [5.41, 5.74) is 5.41. The molecule has 2 atom stereocenters. The van der Waals surface area contributed by atoms with Gasteiger partial charge in [-0.25, -0.2) is 0 Å². The van der Waals surface area contributed by atoms with Gasteiger partial charge in [-0.3, -0.25) is 5.41 Å². The van der Waals surface area contributed by atoms with Crippen LogP contribution < -0.4 is 5.73 Å². The van der Waals surface area contributed by atoms with E-state index in [0.717, 1.165) is 24.2 Å². The van der Waals surface area contributed by atoms with Gasteiger partial charge in [-0.1, -0.05) is 19.3 Å². The summed E-state index contributed by atoms with van der Waals surface area (Å²) in [5, 5.41) is 7.25. The van der Waals surface area contributed by atoms with Crippen molar-refractivity contribution < 1.29 is 0 Å². The molecule has 14 heavy (non-hydrogen) atoms. The lowest BCUT2D eigenvalue weighted by Crippen LogP contribution is -2.27. The Labute approximate surface area is 86.8 Å². The molecule has 0 saturated heterocycles. The SMILES string of the molecule is N=C(N)CCC1CC2CCCC(C2)C1. The Morgan fingerprint density at radius 3 is 2.36 bits per heavy atom. The molecule has 0 radical (unpaired) electrons. The highest BCUT2D eigenvalue weighted by atomic mass is 14.7. The summed E-state index contributed by atoms with van der Waals surface area (Å²) in [7, 11) is 0. The van der Waals surface area contributed by atoms with E-state index in [1.54, 1.807) is 0 Å². The number of fused-ring (bicyclic) bond motifs is 2. The largest absolute Gasteiger partial charge is 0.388 e. The van der Waals surface area contributed by atoms with E-state index in [0.29, 0.717) is 5.84 Å². The van der Waals surface area contributed by atoms with Crippen molar-refractivity contribution in [2.45, 2.75) is 51.4 Å². The van der Waals surface area contributed by atoms with Crippen LogP contribution in [0.4, 0.5) is 0 Å². The van der Waals surface area contributed by atoms with Crippen molar-refractivity contribution in [1.29, 1.82) is 5.41 Å². The van der Waals surface area contributed by atoms with E-state index >= 15 is 0 Å². The fourth-order valence-electron chi connectivity index (χ4n) is 3.46. The monoisotopic (exact) mass is 194 g/mol. The van der Waals surface area contributed by atoms with Gasteiger partial charge >= 0.3 is 0 Å². The third kappa shape index (κ3) is 2.49. The Bertz CT molecular complexity index is 200. The standard InChI is InChI=1S/C12H22N2/c13-12(14)5-4-11-7-9-2-1-3-10(6-9)8-11/h9-11H,1-8H2,(H3,13,14). The van der Waals surface area contributed by atoms with Crippen molar-refractivity contribution in [1.82, 2.24) is 0 Å². The van der Waals surface area contributed by atoms with Crippen LogP contribution in [0.5, 0.6) is 0 Å². The summed E-state index contributed by atoms with van der Waals surface area (Å²) in [4.78, 5) is 0. The van der Waals surface area contributed by atoms with Gasteiger partial charge in [0.1, 0.15) is 0 Å². The van der Waals surface area contributed by atoms with Crippen LogP contribution in [-0.2, 0) is 0 Å². The van der Waals surface area contributed by atoms with Gasteiger partial charge in [0.05, 0.1) is 5.84 Å². The van der Waals surface area contributed by atoms with Gasteiger partial charge in [0.25, 0.3) is 0 Å². The van der Waals surface area contributed by atoms with Crippen LogP contribution in [0.2, 0.25) is 0 Å². The minimum absolute atomic E-state index is 0.376. The molecule has 80 valence electrons. The Balaban J connectivity index is 1.80. The molecule has 2 aliphatic rings. The van der Waals surface area contributed by atoms with Crippen LogP contribution in [0.1, 0.15) is 51.4 Å². The Hall–Kier alpha value is -0.530. The third-order valence-corrected chi connectivity index (χ3v) is 4.05. The van der Waals surface area contributed by atoms with E-state index in [2.05, 4.69) is 0 Å². The molecule has 2 bridgehead atoms. The van der Waals surface area contributed by atoms with Gasteiger partial charge in [0.2, 0.25) is 0 Å². The zero-order valence-corrected chi connectivity index (χ0v) is 8.97. The van der Waals surface area contributed by atoms with Gasteiger partial charge in [-0.15, -0.1) is 0 Å². The normalized spacial score (nSPS) is 36.7. The molecule has 0 aliphatic heterocycles. The number of hydrogen-bond acceptors (Lipinski definition) is 1. The summed E-state index contributed by atoms with van der Waals surface area (Å²) in [6.07, 6.45) is 10.7. The average Bonchev–Trinajstić information content (AvgIpc) is 2.14. The van der Waals surface area contributed by atoms with Crippen LogP contribution in [-0.4, -0.2) is 5.84 Å². The quantitative estimate of drug-likeness (QED) is 0.526. The summed E-state index contributed by atoms with van der Waals surface area (Å²) in [5.74, 6) is 3.28. The second kappa shape index (κ2) is 4.33. The zero-order valence-electron chi connectivity index (χ0n) is 8.97. The van der Waals surface area contributed by atoms with E-state index in [1.807, 2.05) is 0 Å². The van der Waals surface area contributed by atoms with E-state index in [-0.39, 0.29) is 0 Å². The van der Waals surface area contributed by atoms with E-state index in [4.69, 9.17) is 11.1 Å². The molecule has 2 saturated carbocycles. The number of nitrogens with two attached hydrogens (primary N) is 1. The molecule has 2 aliphatic carbocycles. The molecule has 0 aromatic rings. The van der Waals surface area contributed by atoms with Crippen LogP contribution in [0.25, 0.3) is 0 Å². The molecule has 0 aromatic carbocycles. The van der Waals surface area contributed by atoms with E-state index in [1.165, 1.54) is 44.9 Å². The maximum atomic E-state index is 7.25. The van der Waals surface area contributed by atoms with Gasteiger partial charge in [0.15, 0.2) is 0 Å². The Kier molecular flexibility index (Phi) is 3.09. The second-order valence-electron chi connectivity index (χ2n) is 5.30. The molecule has 0 amide bonds. The lowest BCUT2D eigenvalue weighted by Gasteiger charge is -2.39. The van der Waals surface area contributed by atoms with Gasteiger partial charge in [0, 0.05) is 6.42 Å². The van der Waals surface area contributed by atoms with Crippen molar-refractivity contribution in [2.75, 3.05) is 0 Å². The Morgan fingerprint density at radius 1 is 1.14 bits per heavy atom. The van der Waals surface area contributed by atoms with Crippen molar-refractivity contribution in [2.24, 2.45) is 23.5 Å². The fraction of sp³-hybridized carbons (Fsp3) is 0.917. The second-order valence-corrected chi connectivity index (χ2v) is 5.30. The summed E-state index contributed by atoms with van der Waals surface area (Å²) in [6.45, 7) is 0. The van der Waals surface area contributed by atoms with Gasteiger partial charge in [-0.05, 0) is 43.4 Å². The highest BCUT2D eigenvalue weighted by Gasteiger charge is 2.31. The molecule has 2 nitrogen and oxygen atoms in total.